The van der Waals surface area contributed by atoms with Crippen LogP contribution in [0, 0.1) is 0 Å². The van der Waals surface area contributed by atoms with Crippen molar-refractivity contribution in [3.8, 4) is 0 Å². The first-order valence-electron chi connectivity index (χ1n) is 12.6. The lowest BCUT2D eigenvalue weighted by atomic mass is 10.1. The molecule has 0 spiro atoms. The number of para-hydroxylation sites is 1. The van der Waals surface area contributed by atoms with Crippen LogP contribution in [-0.4, -0.2) is 35.4 Å². The van der Waals surface area contributed by atoms with E-state index in [2.05, 4.69) is 45.2 Å². The first-order chi connectivity index (χ1) is 17.7. The monoisotopic (exact) mass is 484 g/mol. The summed E-state index contributed by atoms with van der Waals surface area (Å²) in [6, 6.07) is 21.8. The summed E-state index contributed by atoms with van der Waals surface area (Å²) in [6.45, 7) is 1.18. The Morgan fingerprint density at radius 1 is 1.00 bits per heavy atom. The number of hydrogen-bond acceptors (Lipinski definition) is 4. The lowest BCUT2D eigenvalue weighted by Crippen LogP contribution is -2.46. The molecule has 4 N–H and O–H groups in total. The summed E-state index contributed by atoms with van der Waals surface area (Å²) in [5.41, 5.74) is 2.82. The molecule has 0 bridgehead atoms. The van der Waals surface area contributed by atoms with Crippen molar-refractivity contribution in [3.63, 3.8) is 0 Å². The van der Waals surface area contributed by atoms with Crippen LogP contribution in [0.3, 0.4) is 0 Å². The van der Waals surface area contributed by atoms with Crippen molar-refractivity contribution in [2.45, 2.75) is 50.2 Å². The molecule has 7 heteroatoms. The van der Waals surface area contributed by atoms with Crippen molar-refractivity contribution in [3.05, 3.63) is 96.1 Å². The maximum absolute atomic E-state index is 13.1. The van der Waals surface area contributed by atoms with E-state index in [9.17, 15) is 9.59 Å². The van der Waals surface area contributed by atoms with E-state index >= 15 is 0 Å². The molecule has 2 aromatic carbocycles. The number of H-pyrrole nitrogens is 1. The molecule has 3 atom stereocenters. The molecule has 2 amide bonds. The number of amides is 2. The van der Waals surface area contributed by atoms with Gasteiger partial charge in [-0.2, -0.15) is 0 Å². The first-order valence-corrected chi connectivity index (χ1v) is 12.6. The minimum Gasteiger partial charge on any atom is -0.467 e. The highest BCUT2D eigenvalue weighted by Gasteiger charge is 2.37. The van der Waals surface area contributed by atoms with Gasteiger partial charge >= 0.3 is 0 Å². The summed E-state index contributed by atoms with van der Waals surface area (Å²) in [5, 5.41) is 10.3. The molecule has 0 radical (unpaired) electrons. The van der Waals surface area contributed by atoms with Crippen LogP contribution in [0.1, 0.15) is 53.3 Å². The lowest BCUT2D eigenvalue weighted by Gasteiger charge is -2.18. The predicted octanol–water partition coefficient (Wildman–Crippen LogP) is 4.49. The fraction of sp³-hybridized carbons (Fsp3) is 0.310. The molecular weight excluding hydrogens is 452 g/mol. The van der Waals surface area contributed by atoms with E-state index in [0.29, 0.717) is 29.7 Å². The van der Waals surface area contributed by atoms with E-state index in [1.54, 1.807) is 18.5 Å². The van der Waals surface area contributed by atoms with Gasteiger partial charge in [0.05, 0.1) is 18.4 Å². The topological polar surface area (TPSA) is 99.2 Å². The number of benzene rings is 2. The number of nitrogens with one attached hydrogen (secondary N) is 4. The summed E-state index contributed by atoms with van der Waals surface area (Å²) in [7, 11) is 0. The Morgan fingerprint density at radius 3 is 2.67 bits per heavy atom. The maximum atomic E-state index is 13.1. The van der Waals surface area contributed by atoms with Crippen molar-refractivity contribution in [1.29, 1.82) is 0 Å². The lowest BCUT2D eigenvalue weighted by molar-refractivity contribution is -0.123. The van der Waals surface area contributed by atoms with E-state index in [1.165, 1.54) is 12.0 Å². The van der Waals surface area contributed by atoms with Crippen molar-refractivity contribution < 1.29 is 14.0 Å². The predicted molar refractivity (Wildman–Crippen MR) is 140 cm³/mol. The fourth-order valence-corrected chi connectivity index (χ4v) is 4.72. The number of aromatic amines is 1. The zero-order valence-electron chi connectivity index (χ0n) is 20.2. The summed E-state index contributed by atoms with van der Waals surface area (Å²) in [6.07, 6.45) is 6.76. The van der Waals surface area contributed by atoms with Crippen molar-refractivity contribution >= 4 is 22.7 Å². The Kier molecular flexibility index (Phi) is 7.47. The van der Waals surface area contributed by atoms with Gasteiger partial charge in [-0.3, -0.25) is 9.59 Å². The van der Waals surface area contributed by atoms with Gasteiger partial charge in [0, 0.05) is 29.1 Å². The standard InChI is InChI=1S/C29H32N4O3/c34-28(24-19-31-25-13-5-4-12-22(24)25)33-26(29(35)32-18-21-11-8-16-36-21)14-6-7-15-30-27-17-23(27)20-9-2-1-3-10-20/h1-5,8-13,16,19,23,26-27,30-31H,6-7,14-15,17-18H2,(H,32,35)(H,33,34). The first kappa shape index (κ1) is 23.9. The Balaban J connectivity index is 1.14. The summed E-state index contributed by atoms with van der Waals surface area (Å²) in [5.74, 6) is 0.805. The van der Waals surface area contributed by atoms with Crippen molar-refractivity contribution in [2.75, 3.05) is 6.54 Å². The van der Waals surface area contributed by atoms with Crippen LogP contribution in [0.5, 0.6) is 0 Å². The summed E-state index contributed by atoms with van der Waals surface area (Å²) < 4.78 is 5.32. The molecule has 4 aromatic rings. The van der Waals surface area contributed by atoms with Gasteiger partial charge in [0.2, 0.25) is 5.91 Å². The molecule has 1 saturated carbocycles. The molecule has 0 aliphatic heterocycles. The number of hydrogen-bond donors (Lipinski definition) is 4. The van der Waals surface area contributed by atoms with Gasteiger partial charge in [0.15, 0.2) is 0 Å². The van der Waals surface area contributed by atoms with E-state index in [0.717, 1.165) is 30.3 Å². The average molecular weight is 485 g/mol. The van der Waals surface area contributed by atoms with Crippen molar-refractivity contribution in [2.24, 2.45) is 0 Å². The number of aromatic nitrogens is 1. The van der Waals surface area contributed by atoms with Gasteiger partial charge in [-0.1, -0.05) is 48.5 Å². The fourth-order valence-electron chi connectivity index (χ4n) is 4.72. The highest BCUT2D eigenvalue weighted by atomic mass is 16.3. The Bertz CT molecular complexity index is 1280. The van der Waals surface area contributed by atoms with Gasteiger partial charge in [-0.25, -0.2) is 0 Å². The molecule has 5 rings (SSSR count). The number of carbonyl (C=O) groups excluding carboxylic acids is 2. The van der Waals surface area contributed by atoms with Crippen LogP contribution in [0.15, 0.2) is 83.6 Å². The van der Waals surface area contributed by atoms with Crippen LogP contribution in [-0.2, 0) is 11.3 Å². The van der Waals surface area contributed by atoms with Crippen LogP contribution in [0.4, 0.5) is 0 Å². The molecule has 1 aliphatic rings. The third-order valence-corrected chi connectivity index (χ3v) is 6.82. The Labute approximate surface area is 210 Å². The highest BCUT2D eigenvalue weighted by molar-refractivity contribution is 6.07. The van der Waals surface area contributed by atoms with Gasteiger partial charge in [0.25, 0.3) is 5.91 Å². The smallest absolute Gasteiger partial charge is 0.254 e. The average Bonchev–Trinajstić information content (AvgIpc) is 3.27. The van der Waals surface area contributed by atoms with Crippen LogP contribution >= 0.6 is 0 Å². The minimum absolute atomic E-state index is 0.209. The molecular formula is C29H32N4O3. The van der Waals surface area contributed by atoms with E-state index in [1.807, 2.05) is 36.4 Å². The van der Waals surface area contributed by atoms with Crippen LogP contribution < -0.4 is 16.0 Å². The Morgan fingerprint density at radius 2 is 1.83 bits per heavy atom. The molecule has 3 unspecified atom stereocenters. The SMILES string of the molecule is O=C(NC(CCCCNC1CC1c1ccccc1)C(=O)NCc1ccco1)c1c[nH]c2ccccc12. The molecule has 1 aliphatic carbocycles. The molecule has 2 heterocycles. The van der Waals surface area contributed by atoms with Crippen LogP contribution in [0.2, 0.25) is 0 Å². The number of furan rings is 1. The molecule has 186 valence electrons. The molecule has 1 fully saturated rings. The zero-order chi connectivity index (χ0) is 24.7. The van der Waals surface area contributed by atoms with Gasteiger partial charge < -0.3 is 25.4 Å². The third kappa shape index (κ3) is 5.86. The quantitative estimate of drug-likeness (QED) is 0.223. The largest absolute Gasteiger partial charge is 0.467 e. The van der Waals surface area contributed by atoms with E-state index < -0.39 is 6.04 Å². The second-order valence-electron chi connectivity index (χ2n) is 9.38. The van der Waals surface area contributed by atoms with Crippen LogP contribution in [0.25, 0.3) is 10.9 Å². The Hall–Kier alpha value is -3.84. The third-order valence-electron chi connectivity index (χ3n) is 6.82. The zero-order valence-corrected chi connectivity index (χ0v) is 20.2. The molecule has 0 saturated heterocycles. The molecule has 7 nitrogen and oxygen atoms in total. The van der Waals surface area contributed by atoms with Gasteiger partial charge in [0.1, 0.15) is 11.8 Å². The molecule has 36 heavy (non-hydrogen) atoms. The minimum atomic E-state index is -0.626. The summed E-state index contributed by atoms with van der Waals surface area (Å²) in [4.78, 5) is 29.2. The number of carbonyl (C=O) groups is 2. The number of unbranched alkanes of at least 4 members (excludes halogenated alkanes) is 1. The van der Waals surface area contributed by atoms with Gasteiger partial charge in [-0.05, 0) is 56.0 Å². The molecule has 2 aromatic heterocycles. The second-order valence-corrected chi connectivity index (χ2v) is 9.38. The number of fused-ring (bicyclic) bond motifs is 1. The normalized spacial score (nSPS) is 17.6. The van der Waals surface area contributed by atoms with Crippen molar-refractivity contribution in [1.82, 2.24) is 20.9 Å². The van der Waals surface area contributed by atoms with E-state index in [-0.39, 0.29) is 18.4 Å². The maximum Gasteiger partial charge on any atom is 0.254 e. The number of rotatable bonds is 12. The van der Waals surface area contributed by atoms with Gasteiger partial charge in [-0.15, -0.1) is 0 Å². The second kappa shape index (κ2) is 11.3. The van der Waals surface area contributed by atoms with E-state index in [4.69, 9.17) is 4.42 Å². The highest BCUT2D eigenvalue weighted by Crippen LogP contribution is 2.40. The summed E-state index contributed by atoms with van der Waals surface area (Å²) >= 11 is 0.